The minimum Gasteiger partial charge on any atom is -0.497 e. The summed E-state index contributed by atoms with van der Waals surface area (Å²) in [6, 6.07) is 13.8. The standard InChI is InChI=1S/C27H27N5O5S/c1-16-23(25(34)29-20-8-4-6-18(14-20)17(2)33)24(19-7-5-9-21(15-19)35-3)32-26(28-16)30-27(31-32)38-13-10-22-36-11-12-37-22/h4-9,11-12,14-15,22,24H,10,13H2,1-3H3,(H,29,34)(H,28,30,31). The van der Waals surface area contributed by atoms with Gasteiger partial charge in [0.1, 0.15) is 24.3 Å². The fourth-order valence-corrected chi connectivity index (χ4v) is 5.06. The molecular formula is C27H27N5O5S. The highest BCUT2D eigenvalue weighted by Gasteiger charge is 2.34. The fraction of sp³-hybridized carbons (Fsp3) is 0.259. The first-order chi connectivity index (χ1) is 18.4. The van der Waals surface area contributed by atoms with Crippen molar-refractivity contribution < 1.29 is 23.8 Å². The van der Waals surface area contributed by atoms with Crippen molar-refractivity contribution in [3.63, 3.8) is 0 Å². The Hall–Kier alpha value is -4.25. The third-order valence-corrected chi connectivity index (χ3v) is 6.99. The van der Waals surface area contributed by atoms with Gasteiger partial charge in [-0.15, -0.1) is 5.10 Å². The molecule has 2 aliphatic rings. The van der Waals surface area contributed by atoms with E-state index in [-0.39, 0.29) is 18.0 Å². The van der Waals surface area contributed by atoms with Gasteiger partial charge < -0.3 is 24.8 Å². The quantitative estimate of drug-likeness (QED) is 0.297. The highest BCUT2D eigenvalue weighted by Crippen LogP contribution is 2.38. The van der Waals surface area contributed by atoms with Crippen molar-refractivity contribution in [3.8, 4) is 5.75 Å². The Kier molecular flexibility index (Phi) is 7.36. The van der Waals surface area contributed by atoms with Crippen LogP contribution in [0.1, 0.15) is 42.2 Å². The Labute approximate surface area is 224 Å². The maximum absolute atomic E-state index is 13.7. The number of allylic oxidation sites excluding steroid dienone is 1. The number of ether oxygens (including phenoxy) is 3. The van der Waals surface area contributed by atoms with E-state index in [1.807, 2.05) is 31.2 Å². The van der Waals surface area contributed by atoms with Crippen LogP contribution in [0.2, 0.25) is 0 Å². The van der Waals surface area contributed by atoms with Crippen molar-refractivity contribution in [2.45, 2.75) is 37.8 Å². The van der Waals surface area contributed by atoms with Gasteiger partial charge in [0.05, 0.1) is 12.7 Å². The second kappa shape index (κ2) is 11.0. The highest BCUT2D eigenvalue weighted by molar-refractivity contribution is 7.99. The van der Waals surface area contributed by atoms with E-state index in [0.717, 1.165) is 5.56 Å². The second-order valence-corrected chi connectivity index (χ2v) is 9.77. The number of rotatable bonds is 9. The summed E-state index contributed by atoms with van der Waals surface area (Å²) in [4.78, 5) is 30.2. The number of thioether (sulfide) groups is 1. The molecule has 11 heteroatoms. The molecule has 1 atom stereocenters. The number of nitrogens with one attached hydrogen (secondary N) is 2. The number of amides is 1. The number of benzene rings is 2. The van der Waals surface area contributed by atoms with Crippen LogP contribution >= 0.6 is 11.8 Å². The number of hydrogen-bond donors (Lipinski definition) is 2. The largest absolute Gasteiger partial charge is 0.497 e. The lowest BCUT2D eigenvalue weighted by atomic mass is 9.94. The Bertz CT molecular complexity index is 1420. The van der Waals surface area contributed by atoms with Gasteiger partial charge in [-0.3, -0.25) is 9.59 Å². The van der Waals surface area contributed by atoms with E-state index in [1.165, 1.54) is 31.2 Å². The molecule has 3 aromatic rings. The molecule has 0 aliphatic carbocycles. The molecule has 0 saturated heterocycles. The molecule has 0 fully saturated rings. The van der Waals surface area contributed by atoms with Crippen LogP contribution in [0.25, 0.3) is 0 Å². The molecule has 38 heavy (non-hydrogen) atoms. The number of carbonyl (C=O) groups excluding carboxylic acids is 2. The number of ketones is 1. The summed E-state index contributed by atoms with van der Waals surface area (Å²) in [5, 5.41) is 11.5. The predicted molar refractivity (Wildman–Crippen MR) is 143 cm³/mol. The second-order valence-electron chi connectivity index (χ2n) is 8.71. The Balaban J connectivity index is 1.45. The molecule has 0 saturated carbocycles. The SMILES string of the molecule is COc1cccc(C2C(C(=O)Nc3cccc(C(C)=O)c3)=C(C)Nc3nc(SCCC4OC=CO4)nn32)c1. The van der Waals surface area contributed by atoms with Gasteiger partial charge in [-0.2, -0.15) is 4.98 Å². The van der Waals surface area contributed by atoms with Crippen LogP contribution in [0.15, 0.2) is 77.5 Å². The first kappa shape index (κ1) is 25.4. The van der Waals surface area contributed by atoms with Gasteiger partial charge in [0.2, 0.25) is 17.4 Å². The Morgan fingerprint density at radius 1 is 1.16 bits per heavy atom. The number of hydrogen-bond acceptors (Lipinski definition) is 9. The number of methoxy groups -OCH3 is 1. The Morgan fingerprint density at radius 2 is 1.95 bits per heavy atom. The van der Waals surface area contributed by atoms with Crippen LogP contribution in [0, 0.1) is 0 Å². The molecule has 1 unspecified atom stereocenters. The number of Topliss-reactive ketones (excluding diaryl/α,β-unsaturated/α-hetero) is 1. The van der Waals surface area contributed by atoms with E-state index in [9.17, 15) is 9.59 Å². The molecule has 2 N–H and O–H groups in total. The van der Waals surface area contributed by atoms with E-state index >= 15 is 0 Å². The van der Waals surface area contributed by atoms with Crippen molar-refractivity contribution in [1.82, 2.24) is 14.8 Å². The van der Waals surface area contributed by atoms with Crippen molar-refractivity contribution >= 4 is 35.1 Å². The molecule has 2 aromatic carbocycles. The number of carbonyl (C=O) groups is 2. The minimum atomic E-state index is -0.565. The van der Waals surface area contributed by atoms with Crippen molar-refractivity contribution in [1.29, 1.82) is 0 Å². The van der Waals surface area contributed by atoms with Gasteiger partial charge in [-0.05, 0) is 43.7 Å². The zero-order valence-corrected chi connectivity index (χ0v) is 22.0. The molecule has 5 rings (SSSR count). The van der Waals surface area contributed by atoms with Gasteiger partial charge in [0.25, 0.3) is 5.91 Å². The third kappa shape index (κ3) is 5.37. The van der Waals surface area contributed by atoms with Crippen molar-refractivity contribution in [2.24, 2.45) is 0 Å². The monoisotopic (exact) mass is 533 g/mol. The smallest absolute Gasteiger partial charge is 0.255 e. The Morgan fingerprint density at radius 3 is 2.71 bits per heavy atom. The summed E-state index contributed by atoms with van der Waals surface area (Å²) in [5.74, 6) is 1.48. The van der Waals surface area contributed by atoms with Crippen molar-refractivity contribution in [3.05, 3.63) is 83.5 Å². The average molecular weight is 534 g/mol. The zero-order chi connectivity index (χ0) is 26.6. The molecule has 0 radical (unpaired) electrons. The van der Waals surface area contributed by atoms with Crippen molar-refractivity contribution in [2.75, 3.05) is 23.5 Å². The molecular weight excluding hydrogens is 506 g/mol. The lowest BCUT2D eigenvalue weighted by molar-refractivity contribution is -0.113. The maximum atomic E-state index is 13.7. The first-order valence-corrected chi connectivity index (χ1v) is 13.0. The molecule has 10 nitrogen and oxygen atoms in total. The highest BCUT2D eigenvalue weighted by atomic mass is 32.2. The first-order valence-electron chi connectivity index (χ1n) is 12.0. The normalized spacial score (nSPS) is 16.3. The molecule has 1 aromatic heterocycles. The molecule has 3 heterocycles. The summed E-state index contributed by atoms with van der Waals surface area (Å²) in [7, 11) is 1.60. The van der Waals surface area contributed by atoms with E-state index in [0.29, 0.717) is 51.5 Å². The number of fused-ring (bicyclic) bond motifs is 1. The maximum Gasteiger partial charge on any atom is 0.255 e. The number of aromatic nitrogens is 3. The summed E-state index contributed by atoms with van der Waals surface area (Å²) in [6.45, 7) is 3.32. The van der Waals surface area contributed by atoms with Gasteiger partial charge in [0, 0.05) is 29.1 Å². The summed E-state index contributed by atoms with van der Waals surface area (Å²) >= 11 is 1.48. The van der Waals surface area contributed by atoms with Crippen LogP contribution in [0.4, 0.5) is 11.6 Å². The topological polar surface area (TPSA) is 117 Å². The van der Waals surface area contributed by atoms with Crippen LogP contribution in [-0.4, -0.2) is 45.6 Å². The van der Waals surface area contributed by atoms with E-state index in [4.69, 9.17) is 19.3 Å². The minimum absolute atomic E-state index is 0.0790. The third-order valence-electron chi connectivity index (χ3n) is 6.12. The zero-order valence-electron chi connectivity index (χ0n) is 21.1. The van der Waals surface area contributed by atoms with Gasteiger partial charge in [0.15, 0.2) is 5.78 Å². The lowest BCUT2D eigenvalue weighted by Crippen LogP contribution is -2.31. The van der Waals surface area contributed by atoms with Crippen LogP contribution in [0.5, 0.6) is 5.75 Å². The molecule has 0 bridgehead atoms. The summed E-state index contributed by atoms with van der Waals surface area (Å²) in [6.07, 6.45) is 3.42. The molecule has 196 valence electrons. The molecule has 2 aliphatic heterocycles. The summed E-state index contributed by atoms with van der Waals surface area (Å²) < 4.78 is 17.8. The number of anilines is 2. The van der Waals surface area contributed by atoms with Gasteiger partial charge in [-0.1, -0.05) is 36.0 Å². The van der Waals surface area contributed by atoms with E-state index in [1.54, 1.807) is 36.1 Å². The van der Waals surface area contributed by atoms with Crippen LogP contribution < -0.4 is 15.4 Å². The number of nitrogens with zero attached hydrogens (tertiary/aromatic N) is 3. The van der Waals surface area contributed by atoms with Crippen LogP contribution in [0.3, 0.4) is 0 Å². The lowest BCUT2D eigenvalue weighted by Gasteiger charge is -2.29. The predicted octanol–water partition coefficient (Wildman–Crippen LogP) is 4.74. The molecule has 1 amide bonds. The molecule has 0 spiro atoms. The fourth-order valence-electron chi connectivity index (χ4n) is 4.27. The average Bonchev–Trinajstić information content (AvgIpc) is 3.57. The van der Waals surface area contributed by atoms with Gasteiger partial charge >= 0.3 is 0 Å². The van der Waals surface area contributed by atoms with E-state index < -0.39 is 6.04 Å². The van der Waals surface area contributed by atoms with Crippen LogP contribution in [-0.2, 0) is 14.3 Å². The summed E-state index contributed by atoms with van der Waals surface area (Å²) in [5.41, 5.74) is 2.98. The van der Waals surface area contributed by atoms with Gasteiger partial charge in [-0.25, -0.2) is 4.68 Å². The van der Waals surface area contributed by atoms with E-state index in [2.05, 4.69) is 15.6 Å².